The van der Waals surface area contributed by atoms with E-state index in [9.17, 15) is 37.5 Å². The fourth-order valence-corrected chi connectivity index (χ4v) is 3.40. The molecule has 4 amide bonds. The van der Waals surface area contributed by atoms with Crippen LogP contribution in [0.5, 0.6) is 0 Å². The van der Waals surface area contributed by atoms with Gasteiger partial charge in [-0.2, -0.15) is 13.2 Å². The summed E-state index contributed by atoms with van der Waals surface area (Å²) >= 11 is 0. The SMILES string of the molecule is CO[C@](C(=O)N[C@@H](CCCCN1CCC(=O)NC1=O)C(=O)O)(c1ccccc1)C(F)(F)F. The van der Waals surface area contributed by atoms with Crippen LogP contribution in [0.25, 0.3) is 0 Å². The van der Waals surface area contributed by atoms with Crippen molar-refractivity contribution in [3.8, 4) is 0 Å². The minimum atomic E-state index is -5.16. The second-order valence-corrected chi connectivity index (χ2v) is 7.20. The molecule has 32 heavy (non-hydrogen) atoms. The molecule has 9 nitrogen and oxygen atoms in total. The number of unbranched alkanes of at least 4 members (excludes halogenated alkanes) is 1. The number of carbonyl (C=O) groups is 4. The Labute approximate surface area is 181 Å². The second kappa shape index (κ2) is 10.4. The van der Waals surface area contributed by atoms with Gasteiger partial charge in [0, 0.05) is 32.2 Å². The van der Waals surface area contributed by atoms with E-state index >= 15 is 0 Å². The lowest BCUT2D eigenvalue weighted by Crippen LogP contribution is -2.58. The lowest BCUT2D eigenvalue weighted by Gasteiger charge is -2.34. The lowest BCUT2D eigenvalue weighted by molar-refractivity contribution is -0.266. The second-order valence-electron chi connectivity index (χ2n) is 7.20. The molecular formula is C20H24F3N3O6. The van der Waals surface area contributed by atoms with Gasteiger partial charge in [-0.1, -0.05) is 30.3 Å². The van der Waals surface area contributed by atoms with Crippen molar-refractivity contribution in [2.45, 2.75) is 43.5 Å². The fraction of sp³-hybridized carbons (Fsp3) is 0.500. The van der Waals surface area contributed by atoms with Crippen LogP contribution >= 0.6 is 0 Å². The van der Waals surface area contributed by atoms with Crippen molar-refractivity contribution in [1.82, 2.24) is 15.5 Å². The molecule has 1 fully saturated rings. The first kappa shape index (κ1) is 25.1. The first-order valence-corrected chi connectivity index (χ1v) is 9.83. The Morgan fingerprint density at radius 3 is 2.41 bits per heavy atom. The zero-order chi connectivity index (χ0) is 23.9. The molecule has 1 heterocycles. The van der Waals surface area contributed by atoms with Crippen LogP contribution in [0.3, 0.4) is 0 Å². The van der Waals surface area contributed by atoms with Crippen molar-refractivity contribution in [2.75, 3.05) is 20.2 Å². The summed E-state index contributed by atoms with van der Waals surface area (Å²) in [5, 5.41) is 13.5. The van der Waals surface area contributed by atoms with E-state index in [0.717, 1.165) is 19.2 Å². The molecular weight excluding hydrogens is 435 g/mol. The molecule has 2 rings (SSSR count). The molecule has 0 saturated carbocycles. The summed E-state index contributed by atoms with van der Waals surface area (Å²) in [5.41, 5.74) is -3.86. The van der Waals surface area contributed by atoms with Crippen molar-refractivity contribution >= 4 is 23.8 Å². The monoisotopic (exact) mass is 459 g/mol. The molecule has 2 atom stereocenters. The number of carboxylic acid groups (broad SMARTS) is 1. The summed E-state index contributed by atoms with van der Waals surface area (Å²) in [4.78, 5) is 48.5. The van der Waals surface area contributed by atoms with E-state index in [1.165, 1.54) is 23.1 Å². The molecule has 0 radical (unpaired) electrons. The van der Waals surface area contributed by atoms with Crippen molar-refractivity contribution in [1.29, 1.82) is 0 Å². The number of carboxylic acids is 1. The van der Waals surface area contributed by atoms with Gasteiger partial charge in [-0.3, -0.25) is 14.9 Å². The Bertz CT molecular complexity index is 849. The predicted octanol–water partition coefficient (Wildman–Crippen LogP) is 1.77. The van der Waals surface area contributed by atoms with Crippen LogP contribution in [0.15, 0.2) is 30.3 Å². The summed E-state index contributed by atoms with van der Waals surface area (Å²) < 4.78 is 46.5. The normalized spacial score (nSPS) is 17.3. The van der Waals surface area contributed by atoms with Gasteiger partial charge in [0.05, 0.1) is 0 Å². The minimum Gasteiger partial charge on any atom is -0.480 e. The molecule has 1 saturated heterocycles. The maximum atomic E-state index is 13.9. The van der Waals surface area contributed by atoms with Gasteiger partial charge in [0.1, 0.15) is 6.04 Å². The molecule has 176 valence electrons. The number of hydrogen-bond donors (Lipinski definition) is 3. The Morgan fingerprint density at radius 2 is 1.88 bits per heavy atom. The van der Waals surface area contributed by atoms with E-state index in [-0.39, 0.29) is 38.3 Å². The summed E-state index contributed by atoms with van der Waals surface area (Å²) in [6, 6.07) is 4.07. The summed E-state index contributed by atoms with van der Waals surface area (Å²) in [6.45, 7) is 0.455. The van der Waals surface area contributed by atoms with Crippen LogP contribution in [0, 0.1) is 0 Å². The lowest BCUT2D eigenvalue weighted by atomic mass is 9.91. The third kappa shape index (κ3) is 5.55. The van der Waals surface area contributed by atoms with E-state index in [4.69, 9.17) is 0 Å². The van der Waals surface area contributed by atoms with Gasteiger partial charge in [-0.25, -0.2) is 9.59 Å². The van der Waals surface area contributed by atoms with Gasteiger partial charge in [0.25, 0.3) is 11.5 Å². The van der Waals surface area contributed by atoms with Gasteiger partial charge in [-0.05, 0) is 19.3 Å². The third-order valence-corrected chi connectivity index (χ3v) is 5.12. The Morgan fingerprint density at radius 1 is 1.22 bits per heavy atom. The smallest absolute Gasteiger partial charge is 0.430 e. The molecule has 3 N–H and O–H groups in total. The topological polar surface area (TPSA) is 125 Å². The van der Waals surface area contributed by atoms with Crippen molar-refractivity contribution in [3.05, 3.63) is 35.9 Å². The quantitative estimate of drug-likeness (QED) is 0.458. The van der Waals surface area contributed by atoms with E-state index in [1.54, 1.807) is 0 Å². The summed E-state index contributed by atoms with van der Waals surface area (Å²) in [6.07, 6.45) is -4.65. The third-order valence-electron chi connectivity index (χ3n) is 5.12. The standard InChI is InChI=1S/C20H24F3N3O6/c1-32-19(20(21,22)23,13-7-3-2-4-8-13)17(30)24-14(16(28)29)9-5-6-11-26-12-10-15(27)25-18(26)31/h2-4,7-8,14H,5-6,9-12H2,1H3,(H,24,30)(H,28,29)(H,25,27,31)/t14-,19-/m0/s1. The number of alkyl halides is 3. The van der Waals surface area contributed by atoms with Crippen LogP contribution in [0.1, 0.15) is 31.2 Å². The number of ether oxygens (including phenoxy) is 1. The average Bonchev–Trinajstić information content (AvgIpc) is 2.72. The number of hydrogen-bond acceptors (Lipinski definition) is 5. The number of nitrogens with one attached hydrogen (secondary N) is 2. The molecule has 1 aliphatic rings. The van der Waals surface area contributed by atoms with Crippen LogP contribution in [-0.4, -0.2) is 66.2 Å². The average molecular weight is 459 g/mol. The first-order chi connectivity index (χ1) is 15.0. The van der Waals surface area contributed by atoms with Gasteiger partial charge in [-0.15, -0.1) is 0 Å². The maximum absolute atomic E-state index is 13.9. The largest absolute Gasteiger partial charge is 0.480 e. The highest BCUT2D eigenvalue weighted by Crippen LogP contribution is 2.42. The van der Waals surface area contributed by atoms with E-state index in [2.05, 4.69) is 10.1 Å². The van der Waals surface area contributed by atoms with Gasteiger partial charge >= 0.3 is 18.2 Å². The number of methoxy groups -OCH3 is 1. The van der Waals surface area contributed by atoms with Crippen LogP contribution < -0.4 is 10.6 Å². The Kier molecular flexibility index (Phi) is 8.19. The van der Waals surface area contributed by atoms with Crippen molar-refractivity contribution in [2.24, 2.45) is 0 Å². The molecule has 0 unspecified atom stereocenters. The highest BCUT2D eigenvalue weighted by atomic mass is 19.4. The molecule has 0 spiro atoms. The molecule has 1 aromatic carbocycles. The van der Waals surface area contributed by atoms with Gasteiger partial charge in [0.2, 0.25) is 5.91 Å². The number of urea groups is 1. The number of benzene rings is 1. The fourth-order valence-electron chi connectivity index (χ4n) is 3.40. The van der Waals surface area contributed by atoms with Crippen molar-refractivity contribution < 1.29 is 42.2 Å². The van der Waals surface area contributed by atoms with Crippen molar-refractivity contribution in [3.63, 3.8) is 0 Å². The number of imide groups is 1. The number of rotatable bonds is 10. The van der Waals surface area contributed by atoms with E-state index in [1.807, 2.05) is 5.32 Å². The molecule has 12 heteroatoms. The number of nitrogens with zero attached hydrogens (tertiary/aromatic N) is 1. The highest BCUT2D eigenvalue weighted by Gasteiger charge is 2.63. The Hall–Kier alpha value is -3.15. The predicted molar refractivity (Wildman–Crippen MR) is 104 cm³/mol. The van der Waals surface area contributed by atoms with E-state index < -0.39 is 41.3 Å². The number of aliphatic carboxylic acids is 1. The number of halogens is 3. The highest BCUT2D eigenvalue weighted by molar-refractivity contribution is 5.96. The molecule has 1 aliphatic heterocycles. The summed E-state index contributed by atoms with van der Waals surface area (Å²) in [5.74, 6) is -3.52. The maximum Gasteiger partial charge on any atom is 0.430 e. The molecule has 0 aromatic heterocycles. The zero-order valence-corrected chi connectivity index (χ0v) is 17.3. The van der Waals surface area contributed by atoms with Crippen LogP contribution in [0.4, 0.5) is 18.0 Å². The Balaban J connectivity index is 2.05. The number of amides is 4. The molecule has 0 aliphatic carbocycles. The molecule has 1 aromatic rings. The minimum absolute atomic E-state index is 0.148. The number of carbonyl (C=O) groups excluding carboxylic acids is 3. The zero-order valence-electron chi connectivity index (χ0n) is 17.3. The van der Waals surface area contributed by atoms with Gasteiger partial charge in [0.15, 0.2) is 0 Å². The van der Waals surface area contributed by atoms with Gasteiger partial charge < -0.3 is 20.1 Å². The van der Waals surface area contributed by atoms with Crippen LogP contribution in [-0.2, 0) is 24.7 Å². The summed E-state index contributed by atoms with van der Waals surface area (Å²) in [7, 11) is 0.726. The molecule has 0 bridgehead atoms. The van der Waals surface area contributed by atoms with E-state index in [0.29, 0.717) is 6.42 Å². The first-order valence-electron chi connectivity index (χ1n) is 9.83. The van der Waals surface area contributed by atoms with Crippen LogP contribution in [0.2, 0.25) is 0 Å².